The maximum absolute atomic E-state index is 14.5. The number of carbonyl (C=O) groups excluding carboxylic acids is 1. The number of aryl methyl sites for hydroxylation is 4. The van der Waals surface area contributed by atoms with Crippen LogP contribution >= 0.6 is 27.5 Å². The third-order valence-electron chi connectivity index (χ3n) is 11.0. The topological polar surface area (TPSA) is 187 Å². The van der Waals surface area contributed by atoms with Crippen molar-refractivity contribution in [1.82, 2.24) is 39.9 Å². The van der Waals surface area contributed by atoms with Gasteiger partial charge in [0.2, 0.25) is 23.8 Å². The number of nitrogens with one attached hydrogen (secondary N) is 1. The molecule has 78 heavy (non-hydrogen) atoms. The van der Waals surface area contributed by atoms with Crippen LogP contribution in [0.4, 0.5) is 30.7 Å². The van der Waals surface area contributed by atoms with Crippen molar-refractivity contribution in [3.63, 3.8) is 0 Å². The van der Waals surface area contributed by atoms with Crippen LogP contribution in [0.5, 0.6) is 0 Å². The van der Waals surface area contributed by atoms with Crippen LogP contribution in [0.3, 0.4) is 0 Å². The number of carboxylic acid groups (broad SMARTS) is 1. The van der Waals surface area contributed by atoms with Crippen molar-refractivity contribution in [2.75, 3.05) is 0 Å². The molecule has 4 aromatic carbocycles. The van der Waals surface area contributed by atoms with Crippen LogP contribution in [0.25, 0.3) is 44.1 Å². The fourth-order valence-corrected chi connectivity index (χ4v) is 7.66. The molecule has 0 atom stereocenters. The molecule has 395 valence electrons. The normalized spacial score (nSPS) is 10.6. The molecule has 0 amide bonds. The molecule has 10 rings (SSSR count). The number of rotatable bonds is 7. The van der Waals surface area contributed by atoms with Gasteiger partial charge < -0.3 is 5.11 Å². The Labute approximate surface area is 462 Å². The maximum atomic E-state index is 14.5. The first-order valence-electron chi connectivity index (χ1n) is 22.5. The average molecular weight is 1190 g/mol. The Bertz CT molecular complexity index is 4040. The van der Waals surface area contributed by atoms with Gasteiger partial charge in [0, 0.05) is 62.7 Å². The number of halogens is 9. The van der Waals surface area contributed by atoms with Crippen molar-refractivity contribution >= 4 is 60.8 Å². The van der Waals surface area contributed by atoms with Gasteiger partial charge in [-0.15, -0.1) is 0 Å². The number of fused-ring (bicyclic) bond motifs is 2. The Morgan fingerprint density at radius 2 is 1.03 bits per heavy atom. The number of nitrogens with zero attached hydrogens (tertiary/aromatic N) is 7. The standard InChI is InChI=1S/C21H14ClF2N3O.C14H9F2N3O.C14H9F2NO3.C6H5BrFN.V/c1-12-2-8-17(20(24)25-12)19-18-10-15(23)7-9-16(18)21(28)27(26-19)11-13-3-5-14(22)6-4-13;1-7-2-4-10(13(16)17-7)12-11-6-8(15)3-5-9(11)14(20)19-18-12;1-7-2-4-10(13(16)17-7)12(18)11-6-8(15)3-5-9(11)14(19)20;1-4-2-3-5(7)6(8)9-4;/h2-10H,11H2,1H3;2*2-6H,1H3,(H,19,20);2-3H,1H3;. The second-order valence-corrected chi connectivity index (χ2v) is 17.9. The third-order valence-corrected chi connectivity index (χ3v) is 11.9. The van der Waals surface area contributed by atoms with Gasteiger partial charge >= 0.3 is 5.97 Å². The van der Waals surface area contributed by atoms with E-state index < -0.39 is 80.8 Å². The van der Waals surface area contributed by atoms with E-state index in [0.717, 1.165) is 29.8 Å². The smallest absolute Gasteiger partial charge is 0.336 e. The number of aromatic carboxylic acids is 1. The first kappa shape index (κ1) is 59.0. The molecule has 13 nitrogen and oxygen atoms in total. The molecule has 0 aliphatic rings. The van der Waals surface area contributed by atoms with Gasteiger partial charge in [-0.25, -0.2) is 47.7 Å². The molecule has 0 aliphatic carbocycles. The van der Waals surface area contributed by atoms with Crippen molar-refractivity contribution in [1.29, 1.82) is 0 Å². The zero-order valence-electron chi connectivity index (χ0n) is 40.9. The van der Waals surface area contributed by atoms with Gasteiger partial charge in [0.05, 0.1) is 44.0 Å². The summed E-state index contributed by atoms with van der Waals surface area (Å²) >= 11 is 8.90. The molecule has 0 aliphatic heterocycles. The van der Waals surface area contributed by atoms with Gasteiger partial charge in [-0.1, -0.05) is 23.7 Å². The number of aromatic nitrogens is 8. The molecule has 0 unspecified atom stereocenters. The van der Waals surface area contributed by atoms with E-state index in [0.29, 0.717) is 32.3 Å². The predicted molar refractivity (Wildman–Crippen MR) is 277 cm³/mol. The number of pyridine rings is 4. The van der Waals surface area contributed by atoms with Gasteiger partial charge in [0.25, 0.3) is 11.1 Å². The minimum Gasteiger partial charge on any atom is -0.478 e. The molecule has 6 aromatic heterocycles. The molecule has 23 heteroatoms. The monoisotopic (exact) mass is 1190 g/mol. The second-order valence-electron chi connectivity index (χ2n) is 16.6. The van der Waals surface area contributed by atoms with E-state index in [2.05, 4.69) is 51.2 Å². The summed E-state index contributed by atoms with van der Waals surface area (Å²) in [4.78, 5) is 62.3. The van der Waals surface area contributed by atoms with Crippen LogP contribution in [0.1, 0.15) is 54.6 Å². The van der Waals surface area contributed by atoms with Crippen LogP contribution in [-0.4, -0.2) is 56.8 Å². The molecule has 0 fully saturated rings. The van der Waals surface area contributed by atoms with Crippen molar-refractivity contribution in [3.8, 4) is 22.5 Å². The van der Waals surface area contributed by atoms with Gasteiger partial charge in [0.15, 0.2) is 5.78 Å². The number of aromatic amines is 1. The zero-order valence-corrected chi connectivity index (χ0v) is 44.6. The third kappa shape index (κ3) is 14.2. The van der Waals surface area contributed by atoms with E-state index in [4.69, 9.17) is 16.7 Å². The molecule has 1 radical (unpaired) electrons. The molecular weight excluding hydrogens is 1150 g/mol. The first-order valence-corrected chi connectivity index (χ1v) is 23.6. The Balaban J connectivity index is 0.000000177. The molecular formula is C55H37BrClF7N8O5V. The van der Waals surface area contributed by atoms with Crippen molar-refractivity contribution in [2.24, 2.45) is 0 Å². The Hall–Kier alpha value is -8.24. The van der Waals surface area contributed by atoms with Gasteiger partial charge in [-0.05, 0) is 164 Å². The first-order chi connectivity index (χ1) is 36.6. The Morgan fingerprint density at radius 3 is 1.56 bits per heavy atom. The summed E-state index contributed by atoms with van der Waals surface area (Å²) in [6.07, 6.45) is 0. The van der Waals surface area contributed by atoms with Crippen molar-refractivity contribution in [2.45, 2.75) is 34.2 Å². The SMILES string of the molecule is Cc1ccc(-c2n[nH]c(=O)c3ccc(F)cc23)c(F)n1.Cc1ccc(-c2nn(Cc3ccc(Cl)cc3)c(=O)c3ccc(F)cc23)c(F)n1.Cc1ccc(Br)c(F)n1.Cc1ccc(C(=O)c2cc(F)ccc2C(=O)O)c(F)n1.[V]. The number of hydrogen-bond acceptors (Lipinski definition) is 10. The zero-order chi connectivity index (χ0) is 55.8. The summed E-state index contributed by atoms with van der Waals surface area (Å²) in [5.74, 6) is -7.06. The van der Waals surface area contributed by atoms with Crippen LogP contribution < -0.4 is 11.1 Å². The van der Waals surface area contributed by atoms with Gasteiger partial charge in [-0.3, -0.25) is 14.4 Å². The summed E-state index contributed by atoms with van der Waals surface area (Å²) in [6.45, 7) is 6.78. The molecule has 0 saturated heterocycles. The minimum absolute atomic E-state index is 0. The molecule has 2 N–H and O–H groups in total. The number of benzene rings is 4. The van der Waals surface area contributed by atoms with Crippen LogP contribution in [-0.2, 0) is 25.1 Å². The fourth-order valence-electron chi connectivity index (χ4n) is 7.31. The van der Waals surface area contributed by atoms with E-state index >= 15 is 0 Å². The molecule has 6 heterocycles. The van der Waals surface area contributed by atoms with E-state index in [9.17, 15) is 49.9 Å². The number of carboxylic acids is 1. The van der Waals surface area contributed by atoms with E-state index in [1.165, 1.54) is 59.3 Å². The second kappa shape index (κ2) is 25.7. The van der Waals surface area contributed by atoms with E-state index in [1.54, 1.807) is 76.2 Å². The molecule has 0 spiro atoms. The quantitative estimate of drug-likeness (QED) is 0.0878. The minimum atomic E-state index is -1.39. The number of hydrogen-bond donors (Lipinski definition) is 2. The largest absolute Gasteiger partial charge is 0.478 e. The average Bonchev–Trinajstić information content (AvgIpc) is 3.54. The van der Waals surface area contributed by atoms with Gasteiger partial charge in [-0.2, -0.15) is 27.8 Å². The van der Waals surface area contributed by atoms with Crippen LogP contribution in [0, 0.1) is 68.9 Å². The summed E-state index contributed by atoms with van der Waals surface area (Å²) in [5, 5.41) is 21.0. The van der Waals surface area contributed by atoms with E-state index in [1.807, 2.05) is 0 Å². The summed E-state index contributed by atoms with van der Waals surface area (Å²) < 4.78 is 96.6. The Kier molecular flexibility index (Phi) is 19.5. The number of H-pyrrole nitrogens is 1. The summed E-state index contributed by atoms with van der Waals surface area (Å²) in [6, 6.07) is 29.3. The molecule has 0 saturated carbocycles. The predicted octanol–water partition coefficient (Wildman–Crippen LogP) is 12.2. The summed E-state index contributed by atoms with van der Waals surface area (Å²) in [7, 11) is 0. The maximum Gasteiger partial charge on any atom is 0.336 e. The number of ketones is 1. The van der Waals surface area contributed by atoms with E-state index in [-0.39, 0.29) is 69.2 Å². The molecule has 0 bridgehead atoms. The van der Waals surface area contributed by atoms with Crippen LogP contribution in [0.15, 0.2) is 141 Å². The summed E-state index contributed by atoms with van der Waals surface area (Å²) in [5.41, 5.74) is 1.37. The molecule has 10 aromatic rings. The fraction of sp³-hybridized carbons (Fsp3) is 0.0909. The van der Waals surface area contributed by atoms with Gasteiger partial charge in [0.1, 0.15) is 28.8 Å². The van der Waals surface area contributed by atoms with Crippen molar-refractivity contribution in [3.05, 3.63) is 244 Å². The Morgan fingerprint density at radius 1 is 0.551 bits per heavy atom. The van der Waals surface area contributed by atoms with Crippen LogP contribution in [0.2, 0.25) is 5.02 Å². The number of carbonyl (C=O) groups is 2. The van der Waals surface area contributed by atoms with Crippen molar-refractivity contribution < 1.29 is 64.0 Å².